The normalized spacial score (nSPS) is 25.9. The van der Waals surface area contributed by atoms with Crippen molar-refractivity contribution in [1.82, 2.24) is 0 Å². The third kappa shape index (κ3) is 2.19. The smallest absolute Gasteiger partial charge is 0.0439 e. The molecule has 3 atom stereocenters. The fourth-order valence-corrected chi connectivity index (χ4v) is 4.78. The number of hydrogen-bond acceptors (Lipinski definition) is 1. The first-order valence-electron chi connectivity index (χ1n) is 8.95. The van der Waals surface area contributed by atoms with Crippen LogP contribution < -0.4 is 0 Å². The molecule has 24 heavy (non-hydrogen) atoms. The molecule has 3 aliphatic rings. The molecule has 3 unspecified atom stereocenters. The lowest BCUT2D eigenvalue weighted by Gasteiger charge is -2.42. The highest BCUT2D eigenvalue weighted by Crippen LogP contribution is 2.56. The Labute approximate surface area is 144 Å². The van der Waals surface area contributed by atoms with Gasteiger partial charge in [0.15, 0.2) is 0 Å². The average molecular weight is 316 g/mol. The Hall–Kier alpha value is -2.12. The zero-order valence-electron chi connectivity index (χ0n) is 14.2. The molecule has 0 saturated heterocycles. The zero-order chi connectivity index (χ0) is 16.6. The summed E-state index contributed by atoms with van der Waals surface area (Å²) in [5.41, 5.74) is 5.53. The van der Waals surface area contributed by atoms with Gasteiger partial charge in [0, 0.05) is 23.9 Å². The van der Waals surface area contributed by atoms with Gasteiger partial charge in [0.2, 0.25) is 0 Å². The topological polar surface area (TPSA) is 20.2 Å². The first-order chi connectivity index (χ1) is 11.8. The summed E-state index contributed by atoms with van der Waals surface area (Å²) in [5, 5.41) is 9.90. The highest BCUT2D eigenvalue weighted by atomic mass is 16.3. The molecule has 1 aromatic rings. The second kappa shape index (κ2) is 6.07. The van der Waals surface area contributed by atoms with Crippen LogP contribution in [0.1, 0.15) is 36.8 Å². The minimum Gasteiger partial charge on any atom is -0.396 e. The number of benzene rings is 1. The van der Waals surface area contributed by atoms with E-state index < -0.39 is 0 Å². The van der Waals surface area contributed by atoms with E-state index in [1.807, 2.05) is 0 Å². The molecule has 1 heteroatoms. The van der Waals surface area contributed by atoms with Crippen molar-refractivity contribution in [2.75, 3.05) is 6.61 Å². The molecular weight excluding hydrogens is 292 g/mol. The van der Waals surface area contributed by atoms with Gasteiger partial charge in [-0.25, -0.2) is 0 Å². The van der Waals surface area contributed by atoms with Gasteiger partial charge in [0.1, 0.15) is 0 Å². The third-order valence-corrected chi connectivity index (χ3v) is 6.01. The fraction of sp³-hybridized carbons (Fsp3) is 0.304. The minimum absolute atomic E-state index is 0.0315. The van der Waals surface area contributed by atoms with Crippen LogP contribution in [-0.4, -0.2) is 11.7 Å². The Bertz CT molecular complexity index is 790. The summed E-state index contributed by atoms with van der Waals surface area (Å²) in [4.78, 5) is 0. The lowest BCUT2D eigenvalue weighted by Crippen LogP contribution is -2.33. The predicted molar refractivity (Wildman–Crippen MR) is 101 cm³/mol. The van der Waals surface area contributed by atoms with Crippen molar-refractivity contribution in [3.8, 4) is 0 Å². The number of fused-ring (bicyclic) bond motifs is 2. The maximum atomic E-state index is 9.90. The van der Waals surface area contributed by atoms with Gasteiger partial charge in [-0.3, -0.25) is 0 Å². The molecule has 0 aromatic heterocycles. The van der Waals surface area contributed by atoms with E-state index in [4.69, 9.17) is 0 Å². The molecule has 0 radical (unpaired) electrons. The SMILES string of the molecule is CCC(CCO)(C1=CC=C2C=CC=CC21)C1C=Cc2ccccc21. The molecule has 4 rings (SSSR count). The lowest BCUT2D eigenvalue weighted by atomic mass is 9.61. The van der Waals surface area contributed by atoms with Gasteiger partial charge in [0.25, 0.3) is 0 Å². The highest BCUT2D eigenvalue weighted by molar-refractivity contribution is 5.64. The molecule has 0 amide bonds. The molecular formula is C23H24O. The van der Waals surface area contributed by atoms with Crippen molar-refractivity contribution >= 4 is 6.08 Å². The van der Waals surface area contributed by atoms with Crippen molar-refractivity contribution < 1.29 is 5.11 Å². The molecule has 0 saturated carbocycles. The summed E-state index contributed by atoms with van der Waals surface area (Å²) in [6.45, 7) is 2.49. The minimum atomic E-state index is -0.0315. The molecule has 1 N–H and O–H groups in total. The first kappa shape index (κ1) is 15.4. The van der Waals surface area contributed by atoms with Gasteiger partial charge in [-0.1, -0.05) is 85.4 Å². The van der Waals surface area contributed by atoms with Crippen molar-refractivity contribution in [3.63, 3.8) is 0 Å². The van der Waals surface area contributed by atoms with Crippen LogP contribution in [0, 0.1) is 11.3 Å². The summed E-state index contributed by atoms with van der Waals surface area (Å²) in [6.07, 6.45) is 19.8. The van der Waals surface area contributed by atoms with E-state index in [1.54, 1.807) is 0 Å². The molecule has 1 nitrogen and oxygen atoms in total. The van der Waals surface area contributed by atoms with E-state index in [0.29, 0.717) is 11.8 Å². The molecule has 0 spiro atoms. The van der Waals surface area contributed by atoms with E-state index in [2.05, 4.69) is 79.8 Å². The van der Waals surface area contributed by atoms with Crippen LogP contribution >= 0.6 is 0 Å². The quantitative estimate of drug-likeness (QED) is 0.793. The van der Waals surface area contributed by atoms with Gasteiger partial charge in [-0.15, -0.1) is 0 Å². The highest BCUT2D eigenvalue weighted by Gasteiger charge is 2.45. The molecule has 0 bridgehead atoms. The predicted octanol–water partition coefficient (Wildman–Crippen LogP) is 5.18. The van der Waals surface area contributed by atoms with Crippen LogP contribution in [0.25, 0.3) is 6.08 Å². The maximum Gasteiger partial charge on any atom is 0.0439 e. The van der Waals surface area contributed by atoms with E-state index in [0.717, 1.165) is 12.8 Å². The van der Waals surface area contributed by atoms with Gasteiger partial charge in [-0.05, 0) is 29.5 Å². The summed E-state index contributed by atoms with van der Waals surface area (Å²) >= 11 is 0. The molecule has 0 aliphatic heterocycles. The van der Waals surface area contributed by atoms with Gasteiger partial charge in [-0.2, -0.15) is 0 Å². The fourth-order valence-electron chi connectivity index (χ4n) is 4.78. The van der Waals surface area contributed by atoms with E-state index >= 15 is 0 Å². The Kier molecular flexibility index (Phi) is 3.90. The molecule has 122 valence electrons. The summed E-state index contributed by atoms with van der Waals surface area (Å²) in [5.74, 6) is 0.701. The van der Waals surface area contributed by atoms with Crippen molar-refractivity contribution in [3.05, 3.63) is 89.1 Å². The Morgan fingerprint density at radius 1 is 1.04 bits per heavy atom. The van der Waals surface area contributed by atoms with Crippen LogP contribution in [0.15, 0.2) is 77.9 Å². The number of aliphatic hydroxyl groups is 1. The second-order valence-electron chi connectivity index (χ2n) is 6.96. The Morgan fingerprint density at radius 2 is 1.92 bits per heavy atom. The number of hydrogen-bond donors (Lipinski definition) is 1. The van der Waals surface area contributed by atoms with E-state index in [9.17, 15) is 5.11 Å². The third-order valence-electron chi connectivity index (χ3n) is 6.01. The van der Waals surface area contributed by atoms with Crippen molar-refractivity contribution in [1.29, 1.82) is 0 Å². The van der Waals surface area contributed by atoms with E-state index in [1.165, 1.54) is 22.3 Å². The van der Waals surface area contributed by atoms with Crippen molar-refractivity contribution in [2.24, 2.45) is 11.3 Å². The monoisotopic (exact) mass is 316 g/mol. The largest absolute Gasteiger partial charge is 0.396 e. The standard InChI is InChI=1S/C23H24O/c1-2-23(15-16-24,21-13-11-17-7-3-5-9-19(17)21)22-14-12-18-8-4-6-10-20(18)22/h3-14,19,22,24H,2,15-16H2,1H3. The number of rotatable bonds is 5. The zero-order valence-corrected chi connectivity index (χ0v) is 14.2. The second-order valence-corrected chi connectivity index (χ2v) is 6.96. The van der Waals surface area contributed by atoms with E-state index in [-0.39, 0.29) is 12.0 Å². The summed E-state index contributed by atoms with van der Waals surface area (Å²) < 4.78 is 0. The molecule has 0 fully saturated rings. The van der Waals surface area contributed by atoms with Crippen LogP contribution in [0.4, 0.5) is 0 Å². The molecule has 3 aliphatic carbocycles. The number of allylic oxidation sites excluding steroid dienone is 9. The van der Waals surface area contributed by atoms with Crippen LogP contribution in [-0.2, 0) is 0 Å². The average Bonchev–Trinajstić information content (AvgIpc) is 3.25. The van der Waals surface area contributed by atoms with Crippen molar-refractivity contribution in [2.45, 2.75) is 25.7 Å². The van der Waals surface area contributed by atoms with Crippen LogP contribution in [0.3, 0.4) is 0 Å². The number of aliphatic hydroxyl groups excluding tert-OH is 1. The van der Waals surface area contributed by atoms with Gasteiger partial charge in [0.05, 0.1) is 0 Å². The molecule has 0 heterocycles. The summed E-state index contributed by atoms with van der Waals surface area (Å²) in [7, 11) is 0. The summed E-state index contributed by atoms with van der Waals surface area (Å²) in [6, 6.07) is 8.69. The Balaban J connectivity index is 1.79. The van der Waals surface area contributed by atoms with Gasteiger partial charge >= 0.3 is 0 Å². The maximum absolute atomic E-state index is 9.90. The van der Waals surface area contributed by atoms with Crippen LogP contribution in [0.5, 0.6) is 0 Å². The van der Waals surface area contributed by atoms with Crippen LogP contribution in [0.2, 0.25) is 0 Å². The first-order valence-corrected chi connectivity index (χ1v) is 8.95. The lowest BCUT2D eigenvalue weighted by molar-refractivity contribution is 0.185. The van der Waals surface area contributed by atoms with Gasteiger partial charge < -0.3 is 5.11 Å². The Morgan fingerprint density at radius 3 is 2.75 bits per heavy atom. The molecule has 1 aromatic carbocycles.